The maximum Gasteiger partial charge on any atom is 0.0732 e. The van der Waals surface area contributed by atoms with Gasteiger partial charge in [0.15, 0.2) is 0 Å². The van der Waals surface area contributed by atoms with Crippen molar-refractivity contribution in [2.24, 2.45) is 11.7 Å². The molecule has 0 fully saturated rings. The average molecular weight is 258 g/mol. The number of aliphatic hydroxyl groups is 1. The molecule has 0 unspecified atom stereocenters. The highest BCUT2D eigenvalue weighted by molar-refractivity contribution is 5.85. The molecule has 0 heterocycles. The highest BCUT2D eigenvalue weighted by Gasteiger charge is 2.16. The Hall–Kier alpha value is -0.570. The predicted molar refractivity (Wildman–Crippen MR) is 75.4 cm³/mol. The Morgan fingerprint density at radius 1 is 1.12 bits per heavy atom. The number of halogens is 1. The number of benzene rings is 1. The number of hydrogen-bond acceptors (Lipinski definition) is 2. The topological polar surface area (TPSA) is 46.2 Å². The van der Waals surface area contributed by atoms with Crippen molar-refractivity contribution < 1.29 is 5.11 Å². The quantitative estimate of drug-likeness (QED) is 0.851. The third-order valence-electron chi connectivity index (χ3n) is 2.92. The lowest BCUT2D eigenvalue weighted by Gasteiger charge is -2.20. The van der Waals surface area contributed by atoms with Gasteiger partial charge in [0.2, 0.25) is 0 Å². The molecule has 1 rings (SSSR count). The Labute approximate surface area is 111 Å². The molecule has 0 saturated carbocycles. The normalized spacial score (nSPS) is 14.2. The largest absolute Gasteiger partial charge is 0.391 e. The molecule has 3 heteroatoms. The predicted octanol–water partition coefficient (Wildman–Crippen LogP) is 3.21. The maximum absolute atomic E-state index is 9.96. The van der Waals surface area contributed by atoms with E-state index in [1.807, 2.05) is 31.2 Å². The molecule has 17 heavy (non-hydrogen) atoms. The van der Waals surface area contributed by atoms with E-state index in [2.05, 4.69) is 13.8 Å². The minimum Gasteiger partial charge on any atom is -0.391 e. The SMILES string of the molecule is Cc1ccc([C@@H](N)[C@@H](O)CCC(C)C)cc1.Cl. The van der Waals surface area contributed by atoms with Crippen LogP contribution >= 0.6 is 12.4 Å². The molecule has 0 aliphatic heterocycles. The van der Waals surface area contributed by atoms with Gasteiger partial charge in [-0.25, -0.2) is 0 Å². The third kappa shape index (κ3) is 5.53. The monoisotopic (exact) mass is 257 g/mol. The molecular weight excluding hydrogens is 234 g/mol. The van der Waals surface area contributed by atoms with Gasteiger partial charge in [0, 0.05) is 0 Å². The van der Waals surface area contributed by atoms with Crippen LogP contribution in [0.2, 0.25) is 0 Å². The molecule has 2 atom stereocenters. The van der Waals surface area contributed by atoms with Crippen LogP contribution in [0.15, 0.2) is 24.3 Å². The van der Waals surface area contributed by atoms with Crippen LogP contribution in [0.4, 0.5) is 0 Å². The summed E-state index contributed by atoms with van der Waals surface area (Å²) in [5, 5.41) is 9.96. The summed E-state index contributed by atoms with van der Waals surface area (Å²) in [6.45, 7) is 6.36. The van der Waals surface area contributed by atoms with Crippen molar-refractivity contribution in [2.45, 2.75) is 45.8 Å². The van der Waals surface area contributed by atoms with Gasteiger partial charge < -0.3 is 10.8 Å². The van der Waals surface area contributed by atoms with Crippen LogP contribution in [-0.4, -0.2) is 11.2 Å². The highest BCUT2D eigenvalue weighted by atomic mass is 35.5. The highest BCUT2D eigenvalue weighted by Crippen LogP contribution is 2.19. The van der Waals surface area contributed by atoms with E-state index in [-0.39, 0.29) is 18.4 Å². The summed E-state index contributed by atoms with van der Waals surface area (Å²) >= 11 is 0. The molecule has 0 radical (unpaired) electrons. The maximum atomic E-state index is 9.96. The molecule has 0 aliphatic rings. The van der Waals surface area contributed by atoms with Gasteiger partial charge in [-0.1, -0.05) is 43.7 Å². The fourth-order valence-electron chi connectivity index (χ4n) is 1.69. The Kier molecular flexibility index (Phi) is 7.44. The van der Waals surface area contributed by atoms with Crippen molar-refractivity contribution in [1.82, 2.24) is 0 Å². The third-order valence-corrected chi connectivity index (χ3v) is 2.92. The van der Waals surface area contributed by atoms with Crippen LogP contribution in [0.25, 0.3) is 0 Å². The summed E-state index contributed by atoms with van der Waals surface area (Å²) in [5.74, 6) is 0.611. The van der Waals surface area contributed by atoms with E-state index in [1.54, 1.807) is 0 Å². The van der Waals surface area contributed by atoms with Gasteiger partial charge in [-0.15, -0.1) is 12.4 Å². The smallest absolute Gasteiger partial charge is 0.0732 e. The number of aliphatic hydroxyl groups excluding tert-OH is 1. The molecule has 0 saturated heterocycles. The van der Waals surface area contributed by atoms with Crippen LogP contribution in [0.1, 0.15) is 43.9 Å². The van der Waals surface area contributed by atoms with Gasteiger partial charge in [0.25, 0.3) is 0 Å². The van der Waals surface area contributed by atoms with E-state index in [4.69, 9.17) is 5.73 Å². The van der Waals surface area contributed by atoms with Crippen molar-refractivity contribution in [3.63, 3.8) is 0 Å². The molecule has 3 N–H and O–H groups in total. The first kappa shape index (κ1) is 16.4. The first-order valence-electron chi connectivity index (χ1n) is 6.01. The van der Waals surface area contributed by atoms with E-state index < -0.39 is 6.10 Å². The Morgan fingerprint density at radius 3 is 2.12 bits per heavy atom. The molecule has 1 aromatic carbocycles. The van der Waals surface area contributed by atoms with E-state index >= 15 is 0 Å². The second-order valence-electron chi connectivity index (χ2n) is 4.98. The average Bonchev–Trinajstić information content (AvgIpc) is 2.26. The summed E-state index contributed by atoms with van der Waals surface area (Å²) < 4.78 is 0. The van der Waals surface area contributed by atoms with Gasteiger partial charge in [-0.05, 0) is 31.2 Å². The number of nitrogens with two attached hydrogens (primary N) is 1. The van der Waals surface area contributed by atoms with Crippen LogP contribution in [0.5, 0.6) is 0 Å². The summed E-state index contributed by atoms with van der Waals surface area (Å²) in [4.78, 5) is 0. The number of hydrogen-bond donors (Lipinski definition) is 2. The summed E-state index contributed by atoms with van der Waals surface area (Å²) in [6, 6.07) is 7.80. The lowest BCUT2D eigenvalue weighted by molar-refractivity contribution is 0.128. The molecule has 0 amide bonds. The standard InChI is InChI=1S/C14H23NO.ClH/c1-10(2)4-9-13(16)14(15)12-7-5-11(3)6-8-12;/h5-8,10,13-14,16H,4,9,15H2,1-3H3;1H/t13-,14+;/m0./s1. The van der Waals surface area contributed by atoms with Crippen molar-refractivity contribution in [1.29, 1.82) is 0 Å². The van der Waals surface area contributed by atoms with Gasteiger partial charge in [-0.2, -0.15) is 0 Å². The Balaban J connectivity index is 0.00000256. The molecule has 0 bridgehead atoms. The van der Waals surface area contributed by atoms with Gasteiger partial charge in [-0.3, -0.25) is 0 Å². The number of aryl methyl sites for hydroxylation is 1. The van der Waals surface area contributed by atoms with Crippen LogP contribution in [0.3, 0.4) is 0 Å². The molecule has 1 aromatic rings. The molecule has 0 spiro atoms. The minimum absolute atomic E-state index is 0. The van der Waals surface area contributed by atoms with Crippen molar-refractivity contribution >= 4 is 12.4 Å². The fourth-order valence-corrected chi connectivity index (χ4v) is 1.69. The van der Waals surface area contributed by atoms with Crippen LogP contribution in [-0.2, 0) is 0 Å². The van der Waals surface area contributed by atoms with Crippen molar-refractivity contribution in [3.05, 3.63) is 35.4 Å². The zero-order valence-electron chi connectivity index (χ0n) is 10.9. The van der Waals surface area contributed by atoms with E-state index in [0.29, 0.717) is 5.92 Å². The molecule has 2 nitrogen and oxygen atoms in total. The van der Waals surface area contributed by atoms with Gasteiger partial charge in [0.05, 0.1) is 12.1 Å². The van der Waals surface area contributed by atoms with Gasteiger partial charge in [0.1, 0.15) is 0 Å². The summed E-state index contributed by atoms with van der Waals surface area (Å²) in [7, 11) is 0. The van der Waals surface area contributed by atoms with E-state index in [1.165, 1.54) is 5.56 Å². The Morgan fingerprint density at radius 2 is 1.65 bits per heavy atom. The zero-order valence-corrected chi connectivity index (χ0v) is 11.7. The number of rotatable bonds is 5. The fraction of sp³-hybridized carbons (Fsp3) is 0.571. The molecule has 0 aliphatic carbocycles. The van der Waals surface area contributed by atoms with E-state index in [0.717, 1.165) is 18.4 Å². The molecule has 98 valence electrons. The van der Waals surface area contributed by atoms with Gasteiger partial charge >= 0.3 is 0 Å². The second-order valence-corrected chi connectivity index (χ2v) is 4.98. The molecular formula is C14H24ClNO. The van der Waals surface area contributed by atoms with Crippen LogP contribution < -0.4 is 5.73 Å². The lowest BCUT2D eigenvalue weighted by Crippen LogP contribution is -2.26. The summed E-state index contributed by atoms with van der Waals surface area (Å²) in [6.07, 6.45) is 1.35. The Bertz CT molecular complexity index is 311. The second kappa shape index (κ2) is 7.70. The minimum atomic E-state index is -0.440. The van der Waals surface area contributed by atoms with E-state index in [9.17, 15) is 5.11 Å². The summed E-state index contributed by atoms with van der Waals surface area (Å²) in [5.41, 5.74) is 8.26. The molecule has 0 aromatic heterocycles. The first-order chi connectivity index (χ1) is 7.50. The van der Waals surface area contributed by atoms with Crippen LogP contribution in [0, 0.1) is 12.8 Å². The van der Waals surface area contributed by atoms with Crippen molar-refractivity contribution in [3.8, 4) is 0 Å². The zero-order chi connectivity index (χ0) is 12.1. The van der Waals surface area contributed by atoms with Crippen molar-refractivity contribution in [2.75, 3.05) is 0 Å². The lowest BCUT2D eigenvalue weighted by atomic mass is 9.95. The first-order valence-corrected chi connectivity index (χ1v) is 6.01.